The van der Waals surface area contributed by atoms with E-state index in [0.29, 0.717) is 21.8 Å². The van der Waals surface area contributed by atoms with E-state index < -0.39 is 0 Å². The predicted octanol–water partition coefficient (Wildman–Crippen LogP) is 2.86. The lowest BCUT2D eigenvalue weighted by Crippen LogP contribution is -2.36. The molecule has 2 rings (SSSR count). The van der Waals surface area contributed by atoms with Crippen molar-refractivity contribution in [3.63, 3.8) is 0 Å². The molecule has 4 nitrogen and oxygen atoms in total. The van der Waals surface area contributed by atoms with Gasteiger partial charge in [-0.3, -0.25) is 0 Å². The number of nitrogens with one attached hydrogen (secondary N) is 1. The highest BCUT2D eigenvalue weighted by Crippen LogP contribution is 2.29. The lowest BCUT2D eigenvalue weighted by molar-refractivity contribution is 0.220. The van der Waals surface area contributed by atoms with Gasteiger partial charge in [0.1, 0.15) is 6.07 Å². The quantitative estimate of drug-likeness (QED) is 0.738. The molecule has 0 heterocycles. The van der Waals surface area contributed by atoms with E-state index >= 15 is 0 Å². The molecule has 1 aliphatic rings. The van der Waals surface area contributed by atoms with E-state index in [9.17, 15) is 5.11 Å². The molecule has 1 aromatic rings. The summed E-state index contributed by atoms with van der Waals surface area (Å²) < 4.78 is 0.704. The fourth-order valence-electron chi connectivity index (χ4n) is 2.74. The molecular formula is C15H20BrN3O. The third kappa shape index (κ3) is 3.51. The molecule has 0 amide bonds. The van der Waals surface area contributed by atoms with Crippen LogP contribution in [0.15, 0.2) is 16.6 Å². The Morgan fingerprint density at radius 1 is 1.40 bits per heavy atom. The Bertz CT molecular complexity index is 507. The van der Waals surface area contributed by atoms with Gasteiger partial charge in [0, 0.05) is 10.5 Å². The predicted molar refractivity (Wildman–Crippen MR) is 83.1 cm³/mol. The third-order valence-electron chi connectivity index (χ3n) is 3.90. The maximum atomic E-state index is 9.64. The van der Waals surface area contributed by atoms with E-state index in [1.807, 2.05) is 6.07 Å². The zero-order valence-electron chi connectivity index (χ0n) is 11.4. The summed E-state index contributed by atoms with van der Waals surface area (Å²) in [7, 11) is 0. The second kappa shape index (κ2) is 7.07. The second-order valence-electron chi connectivity index (χ2n) is 5.31. The number of nitrogens with zero attached hydrogens (tertiary/aromatic N) is 1. The first-order chi connectivity index (χ1) is 9.65. The number of rotatable bonds is 4. The Morgan fingerprint density at radius 2 is 2.10 bits per heavy atom. The minimum absolute atomic E-state index is 0.0116. The minimum Gasteiger partial charge on any atom is -0.397 e. The number of aliphatic hydroxyl groups excluding tert-OH is 1. The molecule has 4 N–H and O–H groups in total. The first-order valence-electron chi connectivity index (χ1n) is 7.01. The number of nitrogens with two attached hydrogens (primary N) is 1. The van der Waals surface area contributed by atoms with Crippen LogP contribution in [-0.2, 0) is 0 Å². The van der Waals surface area contributed by atoms with Gasteiger partial charge in [-0.15, -0.1) is 0 Å². The zero-order chi connectivity index (χ0) is 14.5. The largest absolute Gasteiger partial charge is 0.397 e. The number of benzene rings is 1. The molecule has 1 atom stereocenters. The summed E-state index contributed by atoms with van der Waals surface area (Å²) in [5.74, 6) is 0. The average Bonchev–Trinajstić information content (AvgIpc) is 2.48. The second-order valence-corrected chi connectivity index (χ2v) is 6.17. The molecule has 0 aromatic heterocycles. The maximum Gasteiger partial charge on any atom is 0.101 e. The molecule has 108 valence electrons. The van der Waals surface area contributed by atoms with Crippen molar-refractivity contribution in [1.82, 2.24) is 5.32 Å². The van der Waals surface area contributed by atoms with Crippen LogP contribution in [0, 0.1) is 11.3 Å². The molecule has 1 saturated carbocycles. The molecule has 1 aliphatic carbocycles. The maximum absolute atomic E-state index is 9.64. The zero-order valence-corrected chi connectivity index (χ0v) is 13.0. The molecule has 0 spiro atoms. The Morgan fingerprint density at radius 3 is 2.70 bits per heavy atom. The molecule has 20 heavy (non-hydrogen) atoms. The van der Waals surface area contributed by atoms with Crippen LogP contribution in [0.2, 0.25) is 0 Å². The molecule has 0 bridgehead atoms. The number of nitriles is 1. The van der Waals surface area contributed by atoms with Gasteiger partial charge in [0.2, 0.25) is 0 Å². The molecule has 0 aliphatic heterocycles. The van der Waals surface area contributed by atoms with Crippen LogP contribution in [-0.4, -0.2) is 17.8 Å². The standard InChI is InChI=1S/C15H20BrN3O/c16-13-7-10(6-11(8-17)15(13)18)14(9-20)19-12-4-2-1-3-5-12/h6-7,12,14,19-20H,1-5,9,18H2. The third-order valence-corrected chi connectivity index (χ3v) is 4.56. The molecule has 1 fully saturated rings. The fourth-order valence-corrected chi connectivity index (χ4v) is 3.22. The van der Waals surface area contributed by atoms with Gasteiger partial charge < -0.3 is 16.2 Å². The number of aliphatic hydroxyl groups is 1. The summed E-state index contributed by atoms with van der Waals surface area (Å²) in [5, 5.41) is 22.3. The van der Waals surface area contributed by atoms with Gasteiger partial charge in [0.05, 0.1) is 23.9 Å². The lowest BCUT2D eigenvalue weighted by atomic mass is 9.93. The Hall–Kier alpha value is -1.09. The van der Waals surface area contributed by atoms with Crippen LogP contribution >= 0.6 is 15.9 Å². The summed E-state index contributed by atoms with van der Waals surface area (Å²) in [6.45, 7) is 0.0116. The SMILES string of the molecule is N#Cc1cc(C(CO)NC2CCCCC2)cc(Br)c1N. The van der Waals surface area contributed by atoms with Crippen molar-refractivity contribution in [2.75, 3.05) is 12.3 Å². The first-order valence-corrected chi connectivity index (χ1v) is 7.81. The molecular weight excluding hydrogens is 318 g/mol. The highest BCUT2D eigenvalue weighted by molar-refractivity contribution is 9.10. The van der Waals surface area contributed by atoms with Crippen molar-refractivity contribution in [1.29, 1.82) is 5.26 Å². The van der Waals surface area contributed by atoms with Gasteiger partial charge in [0.15, 0.2) is 0 Å². The van der Waals surface area contributed by atoms with E-state index in [1.165, 1.54) is 19.3 Å². The van der Waals surface area contributed by atoms with E-state index in [-0.39, 0.29) is 12.6 Å². The van der Waals surface area contributed by atoms with Crippen LogP contribution in [0.1, 0.15) is 49.3 Å². The van der Waals surface area contributed by atoms with E-state index in [4.69, 9.17) is 11.0 Å². The minimum atomic E-state index is -0.151. The summed E-state index contributed by atoms with van der Waals surface area (Å²) in [6.07, 6.45) is 6.08. The van der Waals surface area contributed by atoms with Gasteiger partial charge in [0.25, 0.3) is 0 Å². The Kier molecular flexibility index (Phi) is 5.41. The molecule has 0 radical (unpaired) electrons. The molecule has 0 saturated heterocycles. The lowest BCUT2D eigenvalue weighted by Gasteiger charge is -2.28. The van der Waals surface area contributed by atoms with Crippen molar-refractivity contribution in [2.24, 2.45) is 0 Å². The van der Waals surface area contributed by atoms with Gasteiger partial charge in [-0.2, -0.15) is 5.26 Å². The number of halogens is 1. The highest BCUT2D eigenvalue weighted by Gasteiger charge is 2.20. The van der Waals surface area contributed by atoms with Crippen molar-refractivity contribution < 1.29 is 5.11 Å². The molecule has 5 heteroatoms. The van der Waals surface area contributed by atoms with Gasteiger partial charge in [-0.05, 0) is 46.5 Å². The summed E-state index contributed by atoms with van der Waals surface area (Å²) in [5.41, 5.74) is 7.63. The van der Waals surface area contributed by atoms with Crippen molar-refractivity contribution in [3.8, 4) is 6.07 Å². The monoisotopic (exact) mass is 337 g/mol. The first kappa shape index (κ1) is 15.3. The highest BCUT2D eigenvalue weighted by atomic mass is 79.9. The fraction of sp³-hybridized carbons (Fsp3) is 0.533. The van der Waals surface area contributed by atoms with E-state index in [0.717, 1.165) is 18.4 Å². The summed E-state index contributed by atoms with van der Waals surface area (Å²) in [4.78, 5) is 0. The number of nitrogen functional groups attached to an aromatic ring is 1. The van der Waals surface area contributed by atoms with Crippen LogP contribution < -0.4 is 11.1 Å². The van der Waals surface area contributed by atoms with Gasteiger partial charge in [-0.1, -0.05) is 19.3 Å². The topological polar surface area (TPSA) is 82.1 Å². The smallest absolute Gasteiger partial charge is 0.101 e. The molecule has 1 aromatic carbocycles. The van der Waals surface area contributed by atoms with Crippen LogP contribution in [0.4, 0.5) is 5.69 Å². The van der Waals surface area contributed by atoms with Gasteiger partial charge in [-0.25, -0.2) is 0 Å². The van der Waals surface area contributed by atoms with E-state index in [1.54, 1.807) is 6.07 Å². The van der Waals surface area contributed by atoms with Crippen molar-refractivity contribution in [3.05, 3.63) is 27.7 Å². The van der Waals surface area contributed by atoms with Crippen LogP contribution in [0.3, 0.4) is 0 Å². The number of hydrogen-bond donors (Lipinski definition) is 3. The average molecular weight is 338 g/mol. The normalized spacial score (nSPS) is 17.6. The van der Waals surface area contributed by atoms with Crippen LogP contribution in [0.25, 0.3) is 0 Å². The Balaban J connectivity index is 2.18. The van der Waals surface area contributed by atoms with Crippen molar-refractivity contribution in [2.45, 2.75) is 44.2 Å². The summed E-state index contributed by atoms with van der Waals surface area (Å²) in [6, 6.07) is 6.03. The van der Waals surface area contributed by atoms with Crippen molar-refractivity contribution >= 4 is 21.6 Å². The van der Waals surface area contributed by atoms with Gasteiger partial charge >= 0.3 is 0 Å². The number of hydrogen-bond acceptors (Lipinski definition) is 4. The molecule has 1 unspecified atom stereocenters. The number of anilines is 1. The van der Waals surface area contributed by atoms with Crippen LogP contribution in [0.5, 0.6) is 0 Å². The Labute approximate surface area is 128 Å². The summed E-state index contributed by atoms with van der Waals surface area (Å²) >= 11 is 3.37. The van der Waals surface area contributed by atoms with E-state index in [2.05, 4.69) is 27.3 Å².